The van der Waals surface area contributed by atoms with Crippen LogP contribution in [0.3, 0.4) is 0 Å². The lowest BCUT2D eigenvalue weighted by atomic mass is 10.1. The molecule has 2 heterocycles. The van der Waals surface area contributed by atoms with Crippen molar-refractivity contribution in [3.05, 3.63) is 18.3 Å². The largest absolute Gasteiger partial charge is 0.475 e. The predicted octanol–water partition coefficient (Wildman–Crippen LogP) is 0.559. The molecule has 0 spiro atoms. The van der Waals surface area contributed by atoms with Crippen molar-refractivity contribution in [2.75, 3.05) is 20.2 Å². The van der Waals surface area contributed by atoms with Gasteiger partial charge in [-0.2, -0.15) is 5.10 Å². The van der Waals surface area contributed by atoms with E-state index in [4.69, 9.17) is 4.74 Å². The van der Waals surface area contributed by atoms with Gasteiger partial charge in [0.1, 0.15) is 6.61 Å². The molecule has 4 heteroatoms. The highest BCUT2D eigenvalue weighted by Gasteiger charge is 2.24. The van der Waals surface area contributed by atoms with E-state index in [1.54, 1.807) is 6.20 Å². The smallest absolute Gasteiger partial charge is 0.233 e. The molecule has 1 saturated heterocycles. The molecule has 2 rings (SSSR count). The summed E-state index contributed by atoms with van der Waals surface area (Å²) in [6, 6.07) is 4.21. The highest BCUT2D eigenvalue weighted by atomic mass is 16.5. The van der Waals surface area contributed by atoms with E-state index in [-0.39, 0.29) is 0 Å². The Kier molecular flexibility index (Phi) is 2.40. The van der Waals surface area contributed by atoms with Gasteiger partial charge in [-0.3, -0.25) is 4.90 Å². The Bertz CT molecular complexity index is 265. The van der Waals surface area contributed by atoms with E-state index in [9.17, 15) is 0 Å². The first-order valence-corrected chi connectivity index (χ1v) is 4.47. The SMILES string of the molecule is CN1CC[C@H]1COc1cccnn1. The van der Waals surface area contributed by atoms with Gasteiger partial charge in [0.15, 0.2) is 0 Å². The van der Waals surface area contributed by atoms with Crippen molar-refractivity contribution in [2.45, 2.75) is 12.5 Å². The molecule has 0 aliphatic carbocycles. The number of hydrogen-bond acceptors (Lipinski definition) is 4. The topological polar surface area (TPSA) is 38.2 Å². The quantitative estimate of drug-likeness (QED) is 0.679. The molecule has 1 aromatic heterocycles. The number of likely N-dealkylation sites (N-methyl/N-ethyl adjacent to an activating group) is 1. The lowest BCUT2D eigenvalue weighted by Crippen LogP contribution is -2.48. The Balaban J connectivity index is 1.80. The average Bonchev–Trinajstić information content (AvgIpc) is 2.17. The molecule has 1 aromatic rings. The molecule has 0 amide bonds. The van der Waals surface area contributed by atoms with Crippen LogP contribution in [0.5, 0.6) is 5.88 Å². The summed E-state index contributed by atoms with van der Waals surface area (Å²) < 4.78 is 5.47. The molecular formula is C9H13N3O. The van der Waals surface area contributed by atoms with E-state index >= 15 is 0 Å². The standard InChI is InChI=1S/C9H13N3O/c1-12-6-4-8(12)7-13-9-3-2-5-10-11-9/h2-3,5,8H,4,6-7H2,1H3/t8-/m0/s1. The summed E-state index contributed by atoms with van der Waals surface area (Å²) in [6.45, 7) is 1.89. The first kappa shape index (κ1) is 8.44. The van der Waals surface area contributed by atoms with Crippen LogP contribution in [-0.4, -0.2) is 41.3 Å². The fourth-order valence-corrected chi connectivity index (χ4v) is 1.33. The molecule has 0 saturated carbocycles. The van der Waals surface area contributed by atoms with Crippen LogP contribution in [0.1, 0.15) is 6.42 Å². The summed E-state index contributed by atoms with van der Waals surface area (Å²) in [5, 5.41) is 7.58. The van der Waals surface area contributed by atoms with Gasteiger partial charge in [0, 0.05) is 18.3 Å². The number of nitrogens with zero attached hydrogens (tertiary/aromatic N) is 3. The van der Waals surface area contributed by atoms with Crippen molar-refractivity contribution in [1.82, 2.24) is 15.1 Å². The Morgan fingerprint density at radius 2 is 2.62 bits per heavy atom. The van der Waals surface area contributed by atoms with Crippen molar-refractivity contribution in [3.63, 3.8) is 0 Å². The third-order valence-corrected chi connectivity index (χ3v) is 2.41. The van der Waals surface area contributed by atoms with Crippen LogP contribution in [-0.2, 0) is 0 Å². The Labute approximate surface area is 77.5 Å². The van der Waals surface area contributed by atoms with Gasteiger partial charge < -0.3 is 4.74 Å². The van der Waals surface area contributed by atoms with E-state index in [1.165, 1.54) is 13.0 Å². The molecule has 0 N–H and O–H groups in total. The van der Waals surface area contributed by atoms with Crippen molar-refractivity contribution in [2.24, 2.45) is 0 Å². The van der Waals surface area contributed by atoms with E-state index in [1.807, 2.05) is 12.1 Å². The van der Waals surface area contributed by atoms with Gasteiger partial charge in [-0.1, -0.05) is 0 Å². The zero-order valence-electron chi connectivity index (χ0n) is 7.68. The summed E-state index contributed by atoms with van der Waals surface area (Å²) in [7, 11) is 2.11. The maximum atomic E-state index is 5.47. The Morgan fingerprint density at radius 1 is 1.69 bits per heavy atom. The molecule has 13 heavy (non-hydrogen) atoms. The minimum absolute atomic E-state index is 0.557. The van der Waals surface area contributed by atoms with Crippen LogP contribution < -0.4 is 4.74 Å². The van der Waals surface area contributed by atoms with Crippen LogP contribution in [0.2, 0.25) is 0 Å². The van der Waals surface area contributed by atoms with E-state index in [0.29, 0.717) is 11.9 Å². The monoisotopic (exact) mass is 179 g/mol. The Hall–Kier alpha value is -1.16. The lowest BCUT2D eigenvalue weighted by molar-refractivity contribution is 0.0746. The maximum Gasteiger partial charge on any atom is 0.233 e. The molecule has 0 bridgehead atoms. The van der Waals surface area contributed by atoms with Crippen LogP contribution in [0.25, 0.3) is 0 Å². The van der Waals surface area contributed by atoms with Crippen molar-refractivity contribution in [3.8, 4) is 5.88 Å². The third-order valence-electron chi connectivity index (χ3n) is 2.41. The Morgan fingerprint density at radius 3 is 3.15 bits per heavy atom. The lowest BCUT2D eigenvalue weighted by Gasteiger charge is -2.37. The maximum absolute atomic E-state index is 5.47. The molecule has 70 valence electrons. The second-order valence-electron chi connectivity index (χ2n) is 3.30. The summed E-state index contributed by atoms with van der Waals surface area (Å²) in [6.07, 6.45) is 2.86. The zero-order valence-corrected chi connectivity index (χ0v) is 7.68. The molecule has 1 aliphatic heterocycles. The highest BCUT2D eigenvalue weighted by molar-refractivity contribution is 5.05. The van der Waals surface area contributed by atoms with Gasteiger partial charge in [0.25, 0.3) is 0 Å². The van der Waals surface area contributed by atoms with Crippen LogP contribution in [0, 0.1) is 0 Å². The number of aromatic nitrogens is 2. The minimum atomic E-state index is 0.557. The fourth-order valence-electron chi connectivity index (χ4n) is 1.33. The predicted molar refractivity (Wildman–Crippen MR) is 48.6 cm³/mol. The third kappa shape index (κ3) is 1.95. The normalized spacial score (nSPS) is 22.4. The van der Waals surface area contributed by atoms with Gasteiger partial charge in [0.2, 0.25) is 5.88 Å². The van der Waals surface area contributed by atoms with E-state index in [0.717, 1.165) is 6.61 Å². The minimum Gasteiger partial charge on any atom is -0.475 e. The van der Waals surface area contributed by atoms with Gasteiger partial charge in [-0.05, 0) is 26.1 Å². The van der Waals surface area contributed by atoms with Gasteiger partial charge in [-0.15, -0.1) is 5.10 Å². The highest BCUT2D eigenvalue weighted by Crippen LogP contribution is 2.15. The number of hydrogen-bond donors (Lipinski definition) is 0. The summed E-state index contributed by atoms with van der Waals surface area (Å²) in [5.41, 5.74) is 0. The average molecular weight is 179 g/mol. The number of rotatable bonds is 3. The fraction of sp³-hybridized carbons (Fsp3) is 0.556. The van der Waals surface area contributed by atoms with Crippen LogP contribution in [0.4, 0.5) is 0 Å². The molecule has 1 aliphatic rings. The van der Waals surface area contributed by atoms with Crippen LogP contribution in [0.15, 0.2) is 18.3 Å². The summed E-state index contributed by atoms with van der Waals surface area (Å²) in [4.78, 5) is 2.27. The molecular weight excluding hydrogens is 166 g/mol. The second-order valence-corrected chi connectivity index (χ2v) is 3.30. The van der Waals surface area contributed by atoms with Gasteiger partial charge >= 0.3 is 0 Å². The van der Waals surface area contributed by atoms with Gasteiger partial charge in [0.05, 0.1) is 0 Å². The first-order chi connectivity index (χ1) is 6.36. The van der Waals surface area contributed by atoms with E-state index in [2.05, 4.69) is 22.1 Å². The molecule has 0 radical (unpaired) electrons. The number of likely N-dealkylation sites (tertiary alicyclic amines) is 1. The zero-order chi connectivity index (χ0) is 9.10. The molecule has 1 atom stereocenters. The molecule has 0 aromatic carbocycles. The number of ether oxygens (including phenoxy) is 1. The molecule has 4 nitrogen and oxygen atoms in total. The second kappa shape index (κ2) is 3.70. The first-order valence-electron chi connectivity index (χ1n) is 4.47. The van der Waals surface area contributed by atoms with Crippen molar-refractivity contribution in [1.29, 1.82) is 0 Å². The molecule has 0 unspecified atom stereocenters. The van der Waals surface area contributed by atoms with Gasteiger partial charge in [-0.25, -0.2) is 0 Å². The van der Waals surface area contributed by atoms with E-state index < -0.39 is 0 Å². The molecule has 1 fully saturated rings. The summed E-state index contributed by atoms with van der Waals surface area (Å²) >= 11 is 0. The summed E-state index contributed by atoms with van der Waals surface area (Å²) in [5.74, 6) is 0.614. The van der Waals surface area contributed by atoms with Crippen LogP contribution >= 0.6 is 0 Å². The van der Waals surface area contributed by atoms with Crippen molar-refractivity contribution >= 4 is 0 Å². The van der Waals surface area contributed by atoms with Crippen molar-refractivity contribution < 1.29 is 4.74 Å².